The minimum atomic E-state index is -0.701. The first kappa shape index (κ1) is 15.8. The van der Waals surface area contributed by atoms with Crippen LogP contribution in [-0.2, 0) is 4.79 Å². The van der Waals surface area contributed by atoms with Crippen molar-refractivity contribution in [2.45, 2.75) is 38.6 Å². The Morgan fingerprint density at radius 2 is 2.05 bits per heavy atom. The zero-order chi connectivity index (χ0) is 15.1. The van der Waals surface area contributed by atoms with Gasteiger partial charge in [-0.3, -0.25) is 9.69 Å². The van der Waals surface area contributed by atoms with E-state index in [4.69, 9.17) is 9.84 Å². The van der Waals surface area contributed by atoms with E-state index < -0.39 is 5.97 Å². The van der Waals surface area contributed by atoms with Crippen LogP contribution in [0.1, 0.15) is 32.6 Å². The molecule has 1 aromatic rings. The molecule has 4 heteroatoms. The van der Waals surface area contributed by atoms with Crippen LogP contribution in [0.5, 0.6) is 5.75 Å². The zero-order valence-corrected chi connectivity index (χ0v) is 12.7. The van der Waals surface area contributed by atoms with Crippen LogP contribution in [0.4, 0.5) is 0 Å². The molecular weight excluding hydrogens is 266 g/mol. The summed E-state index contributed by atoms with van der Waals surface area (Å²) in [5.41, 5.74) is 0. The van der Waals surface area contributed by atoms with Crippen LogP contribution >= 0.6 is 0 Å². The summed E-state index contributed by atoms with van der Waals surface area (Å²) in [6.07, 6.45) is 4.48. The number of aliphatic carboxylic acids is 1. The Morgan fingerprint density at radius 1 is 1.33 bits per heavy atom. The maximum absolute atomic E-state index is 11.0. The molecular formula is C17H25NO3. The Bertz CT molecular complexity index is 431. The summed E-state index contributed by atoms with van der Waals surface area (Å²) in [5, 5.41) is 9.02. The van der Waals surface area contributed by atoms with Gasteiger partial charge < -0.3 is 9.84 Å². The number of hydrogen-bond acceptors (Lipinski definition) is 3. The molecule has 0 heterocycles. The van der Waals surface area contributed by atoms with E-state index in [2.05, 4.69) is 4.90 Å². The Morgan fingerprint density at radius 3 is 2.67 bits per heavy atom. The third-order valence-electron chi connectivity index (χ3n) is 3.84. The minimum absolute atomic E-state index is 0.286. The zero-order valence-electron chi connectivity index (χ0n) is 12.7. The van der Waals surface area contributed by atoms with E-state index in [-0.39, 0.29) is 5.92 Å². The number of nitrogens with zero attached hydrogens (tertiary/aromatic N) is 1. The smallest absolute Gasteiger partial charge is 0.307 e. The monoisotopic (exact) mass is 291 g/mol. The fourth-order valence-corrected chi connectivity index (χ4v) is 2.42. The highest BCUT2D eigenvalue weighted by molar-refractivity contribution is 5.69. The number of carboxylic acids is 1. The molecule has 1 N–H and O–H groups in total. The normalized spacial score (nSPS) is 15.9. The van der Waals surface area contributed by atoms with Crippen LogP contribution in [0.25, 0.3) is 0 Å². The van der Waals surface area contributed by atoms with Crippen molar-refractivity contribution in [3.63, 3.8) is 0 Å². The number of ether oxygens (including phenoxy) is 1. The van der Waals surface area contributed by atoms with Crippen LogP contribution in [0.2, 0.25) is 0 Å². The van der Waals surface area contributed by atoms with Crippen LogP contribution in [0.3, 0.4) is 0 Å². The highest BCUT2D eigenvalue weighted by Gasteiger charge is 2.30. The highest BCUT2D eigenvalue weighted by atomic mass is 16.5. The lowest BCUT2D eigenvalue weighted by Gasteiger charge is -2.23. The largest absolute Gasteiger partial charge is 0.494 e. The number of carbonyl (C=O) groups is 1. The number of carboxylic acid groups (broad SMARTS) is 1. The molecule has 2 rings (SSSR count). The molecule has 1 aromatic carbocycles. The summed E-state index contributed by atoms with van der Waals surface area (Å²) >= 11 is 0. The third-order valence-corrected chi connectivity index (χ3v) is 3.84. The standard InChI is InChI=1S/C17H25NO3/c1-14(17(19)20)13-18(15-9-10-15)11-5-6-12-21-16-7-3-2-4-8-16/h2-4,7-8,14-15H,5-6,9-13H2,1H3,(H,19,20). The van der Waals surface area contributed by atoms with Crippen molar-refractivity contribution in [1.82, 2.24) is 4.90 Å². The van der Waals surface area contributed by atoms with E-state index in [9.17, 15) is 4.79 Å². The van der Waals surface area contributed by atoms with E-state index in [0.29, 0.717) is 12.6 Å². The topological polar surface area (TPSA) is 49.8 Å². The number of rotatable bonds is 10. The molecule has 0 amide bonds. The van der Waals surface area contributed by atoms with Gasteiger partial charge in [-0.15, -0.1) is 0 Å². The van der Waals surface area contributed by atoms with Gasteiger partial charge in [0.05, 0.1) is 12.5 Å². The molecule has 1 unspecified atom stereocenters. The summed E-state index contributed by atoms with van der Waals surface area (Å²) in [6.45, 7) is 4.15. The maximum Gasteiger partial charge on any atom is 0.307 e. The molecule has 0 saturated heterocycles. The molecule has 1 aliphatic carbocycles. The van der Waals surface area contributed by atoms with Gasteiger partial charge in [0, 0.05) is 12.6 Å². The number of para-hydroxylation sites is 1. The van der Waals surface area contributed by atoms with Gasteiger partial charge in [0.15, 0.2) is 0 Å². The van der Waals surface area contributed by atoms with Crippen LogP contribution < -0.4 is 4.74 Å². The Hall–Kier alpha value is -1.55. The number of hydrogen-bond donors (Lipinski definition) is 1. The van der Waals surface area contributed by atoms with Crippen molar-refractivity contribution in [1.29, 1.82) is 0 Å². The van der Waals surface area contributed by atoms with Gasteiger partial charge in [-0.2, -0.15) is 0 Å². The van der Waals surface area contributed by atoms with Gasteiger partial charge in [0.25, 0.3) is 0 Å². The molecule has 4 nitrogen and oxygen atoms in total. The number of unbranched alkanes of at least 4 members (excludes halogenated alkanes) is 1. The quantitative estimate of drug-likeness (QED) is 0.673. The van der Waals surface area contributed by atoms with Crippen molar-refractivity contribution >= 4 is 5.97 Å². The van der Waals surface area contributed by atoms with Crippen molar-refractivity contribution in [2.75, 3.05) is 19.7 Å². The summed E-state index contributed by atoms with van der Waals surface area (Å²) < 4.78 is 5.67. The lowest BCUT2D eigenvalue weighted by atomic mass is 10.1. The lowest BCUT2D eigenvalue weighted by molar-refractivity contribution is -0.141. The summed E-state index contributed by atoms with van der Waals surface area (Å²) in [4.78, 5) is 13.3. The predicted molar refractivity (Wildman–Crippen MR) is 82.6 cm³/mol. The molecule has 1 aliphatic rings. The van der Waals surface area contributed by atoms with Crippen molar-refractivity contribution in [3.8, 4) is 5.75 Å². The van der Waals surface area contributed by atoms with Gasteiger partial charge >= 0.3 is 5.97 Å². The fraction of sp³-hybridized carbons (Fsp3) is 0.588. The van der Waals surface area contributed by atoms with Gasteiger partial charge in [-0.1, -0.05) is 25.1 Å². The van der Waals surface area contributed by atoms with E-state index in [1.807, 2.05) is 30.3 Å². The summed E-state index contributed by atoms with van der Waals surface area (Å²) in [5.74, 6) is -0.0738. The SMILES string of the molecule is CC(CN(CCCCOc1ccccc1)C1CC1)C(=O)O. The van der Waals surface area contributed by atoms with E-state index >= 15 is 0 Å². The molecule has 21 heavy (non-hydrogen) atoms. The van der Waals surface area contributed by atoms with Crippen molar-refractivity contribution in [2.24, 2.45) is 5.92 Å². The van der Waals surface area contributed by atoms with Gasteiger partial charge in [-0.25, -0.2) is 0 Å². The third kappa shape index (κ3) is 5.76. The predicted octanol–water partition coefficient (Wildman–Crippen LogP) is 3.03. The molecule has 0 bridgehead atoms. The molecule has 0 spiro atoms. The first-order chi connectivity index (χ1) is 10.2. The van der Waals surface area contributed by atoms with Crippen LogP contribution in [0.15, 0.2) is 30.3 Å². The second-order valence-corrected chi connectivity index (χ2v) is 5.83. The molecule has 0 aromatic heterocycles. The van der Waals surface area contributed by atoms with Crippen LogP contribution in [0, 0.1) is 5.92 Å². The maximum atomic E-state index is 11.0. The lowest BCUT2D eigenvalue weighted by Crippen LogP contribution is -2.34. The number of benzene rings is 1. The molecule has 116 valence electrons. The minimum Gasteiger partial charge on any atom is -0.494 e. The molecule has 0 radical (unpaired) electrons. The highest BCUT2D eigenvalue weighted by Crippen LogP contribution is 2.27. The van der Waals surface area contributed by atoms with Crippen molar-refractivity contribution in [3.05, 3.63) is 30.3 Å². The Balaban J connectivity index is 1.62. The molecule has 1 saturated carbocycles. The van der Waals surface area contributed by atoms with E-state index in [1.54, 1.807) is 6.92 Å². The second-order valence-electron chi connectivity index (χ2n) is 5.83. The fourth-order valence-electron chi connectivity index (χ4n) is 2.42. The average molecular weight is 291 g/mol. The van der Waals surface area contributed by atoms with Crippen LogP contribution in [-0.4, -0.2) is 41.7 Å². The van der Waals surface area contributed by atoms with Gasteiger partial charge in [-0.05, 0) is 44.4 Å². The van der Waals surface area contributed by atoms with Crippen molar-refractivity contribution < 1.29 is 14.6 Å². The Kier molecular flexibility index (Phi) is 6.05. The van der Waals surface area contributed by atoms with E-state index in [1.165, 1.54) is 12.8 Å². The van der Waals surface area contributed by atoms with Gasteiger partial charge in [0.2, 0.25) is 0 Å². The summed E-state index contributed by atoms with van der Waals surface area (Å²) in [7, 11) is 0. The van der Waals surface area contributed by atoms with E-state index in [0.717, 1.165) is 31.7 Å². The first-order valence-electron chi connectivity index (χ1n) is 7.81. The Labute approximate surface area is 126 Å². The average Bonchev–Trinajstić information content (AvgIpc) is 3.31. The summed E-state index contributed by atoms with van der Waals surface area (Å²) in [6, 6.07) is 10.5. The molecule has 1 fully saturated rings. The first-order valence-corrected chi connectivity index (χ1v) is 7.81. The molecule has 1 atom stereocenters. The van der Waals surface area contributed by atoms with Gasteiger partial charge in [0.1, 0.15) is 5.75 Å². The second kappa shape index (κ2) is 8.03. The molecule has 0 aliphatic heterocycles.